The van der Waals surface area contributed by atoms with Gasteiger partial charge in [0.1, 0.15) is 0 Å². The van der Waals surface area contributed by atoms with E-state index in [-0.39, 0.29) is 12.0 Å². The number of aliphatic carboxylic acids is 1. The molecule has 0 aromatic heterocycles. The molecule has 5 nitrogen and oxygen atoms in total. The van der Waals surface area contributed by atoms with Crippen molar-refractivity contribution in [3.05, 3.63) is 0 Å². The number of likely N-dealkylation sites (tertiary alicyclic amines) is 2. The van der Waals surface area contributed by atoms with Crippen molar-refractivity contribution in [2.24, 2.45) is 5.41 Å². The Morgan fingerprint density at radius 2 is 1.95 bits per heavy atom. The molecule has 1 amide bonds. The number of carboxylic acid groups (broad SMARTS) is 1. The van der Waals surface area contributed by atoms with Crippen LogP contribution in [0, 0.1) is 5.41 Å². The summed E-state index contributed by atoms with van der Waals surface area (Å²) in [6.07, 6.45) is 7.64. The highest BCUT2D eigenvalue weighted by Gasteiger charge is 2.49. The topological polar surface area (TPSA) is 60.9 Å². The molecule has 2 heterocycles. The summed E-state index contributed by atoms with van der Waals surface area (Å²) in [5, 5.41) is 8.91. The number of carbonyl (C=O) groups excluding carboxylic acids is 1. The smallest absolute Gasteiger partial charge is 0.317 e. The van der Waals surface area contributed by atoms with E-state index in [0.29, 0.717) is 18.5 Å². The number of rotatable bonds is 3. The van der Waals surface area contributed by atoms with Gasteiger partial charge in [0.15, 0.2) is 0 Å². The first-order chi connectivity index (χ1) is 9.61. The molecule has 0 radical (unpaired) electrons. The fourth-order valence-corrected chi connectivity index (χ4v) is 4.33. The van der Waals surface area contributed by atoms with Gasteiger partial charge in [0.25, 0.3) is 0 Å². The third-order valence-electron chi connectivity index (χ3n) is 5.33. The lowest BCUT2D eigenvalue weighted by Crippen LogP contribution is -2.53. The van der Waals surface area contributed by atoms with Crippen LogP contribution in [0.4, 0.5) is 0 Å². The molecule has 2 saturated heterocycles. The van der Waals surface area contributed by atoms with Gasteiger partial charge < -0.3 is 10.0 Å². The number of piperidine rings is 1. The van der Waals surface area contributed by atoms with Gasteiger partial charge in [-0.15, -0.1) is 0 Å². The normalized spacial score (nSPS) is 32.4. The summed E-state index contributed by atoms with van der Waals surface area (Å²) < 4.78 is 0. The van der Waals surface area contributed by atoms with Gasteiger partial charge in [-0.05, 0) is 38.6 Å². The van der Waals surface area contributed by atoms with Crippen LogP contribution in [-0.4, -0.2) is 59.0 Å². The van der Waals surface area contributed by atoms with Crippen molar-refractivity contribution in [1.82, 2.24) is 9.80 Å². The zero-order chi connectivity index (χ0) is 14.2. The molecular weight excluding hydrogens is 256 g/mol. The van der Waals surface area contributed by atoms with Gasteiger partial charge in [-0.3, -0.25) is 14.5 Å². The maximum absolute atomic E-state index is 12.9. The summed E-state index contributed by atoms with van der Waals surface area (Å²) >= 11 is 0. The molecule has 112 valence electrons. The largest absolute Gasteiger partial charge is 0.480 e. The van der Waals surface area contributed by atoms with Gasteiger partial charge in [-0.25, -0.2) is 0 Å². The Bertz CT molecular complexity index is 406. The summed E-state index contributed by atoms with van der Waals surface area (Å²) in [7, 11) is 0. The molecule has 1 saturated carbocycles. The van der Waals surface area contributed by atoms with Crippen molar-refractivity contribution in [2.45, 2.75) is 51.0 Å². The lowest BCUT2D eigenvalue weighted by Gasteiger charge is -2.42. The minimum absolute atomic E-state index is 0.0679. The van der Waals surface area contributed by atoms with Gasteiger partial charge >= 0.3 is 5.97 Å². The third-order valence-corrected chi connectivity index (χ3v) is 5.33. The lowest BCUT2D eigenvalue weighted by atomic mass is 9.77. The van der Waals surface area contributed by atoms with E-state index >= 15 is 0 Å². The standard InChI is InChI=1S/C15H24N2O3/c18-13(19)10-16-9-7-15(11-16)6-3-8-17(14(15)20)12-4-1-2-5-12/h12H,1-11H2,(H,18,19). The summed E-state index contributed by atoms with van der Waals surface area (Å²) in [5.74, 6) is -0.485. The highest BCUT2D eigenvalue weighted by atomic mass is 16.4. The molecule has 1 aliphatic carbocycles. The number of hydrogen-bond donors (Lipinski definition) is 1. The van der Waals surface area contributed by atoms with Gasteiger partial charge in [0.05, 0.1) is 12.0 Å². The molecule has 1 unspecified atom stereocenters. The highest BCUT2D eigenvalue weighted by Crippen LogP contribution is 2.42. The number of nitrogens with zero attached hydrogens (tertiary/aromatic N) is 2. The molecule has 1 N–H and O–H groups in total. The second kappa shape index (κ2) is 5.35. The van der Waals surface area contributed by atoms with Gasteiger partial charge in [-0.2, -0.15) is 0 Å². The Hall–Kier alpha value is -1.10. The van der Waals surface area contributed by atoms with Crippen LogP contribution < -0.4 is 0 Å². The first kappa shape index (κ1) is 13.9. The molecule has 20 heavy (non-hydrogen) atoms. The van der Waals surface area contributed by atoms with Crippen molar-refractivity contribution >= 4 is 11.9 Å². The molecule has 3 fully saturated rings. The van der Waals surface area contributed by atoms with Crippen molar-refractivity contribution in [2.75, 3.05) is 26.2 Å². The minimum Gasteiger partial charge on any atom is -0.480 e. The van der Waals surface area contributed by atoms with E-state index in [1.54, 1.807) is 0 Å². The molecule has 0 aromatic rings. The van der Waals surface area contributed by atoms with Crippen LogP contribution in [0.2, 0.25) is 0 Å². The lowest BCUT2D eigenvalue weighted by molar-refractivity contribution is -0.149. The van der Waals surface area contributed by atoms with E-state index in [4.69, 9.17) is 5.11 Å². The fraction of sp³-hybridized carbons (Fsp3) is 0.867. The van der Waals surface area contributed by atoms with E-state index in [0.717, 1.165) is 45.2 Å². The predicted octanol–water partition coefficient (Wildman–Crippen LogP) is 1.33. The maximum Gasteiger partial charge on any atom is 0.317 e. The average Bonchev–Trinajstić information content (AvgIpc) is 3.03. The molecule has 5 heteroatoms. The number of carboxylic acids is 1. The van der Waals surface area contributed by atoms with Crippen LogP contribution in [0.15, 0.2) is 0 Å². The van der Waals surface area contributed by atoms with Crippen molar-refractivity contribution in [1.29, 1.82) is 0 Å². The van der Waals surface area contributed by atoms with Gasteiger partial charge in [-0.1, -0.05) is 12.8 Å². The Morgan fingerprint density at radius 3 is 2.65 bits per heavy atom. The molecule has 1 atom stereocenters. The zero-order valence-electron chi connectivity index (χ0n) is 12.0. The SMILES string of the molecule is O=C(O)CN1CCC2(CCCN(C3CCCC3)C2=O)C1. The Labute approximate surface area is 119 Å². The summed E-state index contributed by atoms with van der Waals surface area (Å²) in [5.41, 5.74) is -0.281. The van der Waals surface area contributed by atoms with E-state index in [1.165, 1.54) is 12.8 Å². The zero-order valence-corrected chi connectivity index (χ0v) is 12.0. The van der Waals surface area contributed by atoms with Crippen LogP contribution in [0.1, 0.15) is 44.9 Å². The third kappa shape index (κ3) is 2.43. The van der Waals surface area contributed by atoms with Crippen molar-refractivity contribution < 1.29 is 14.7 Å². The van der Waals surface area contributed by atoms with E-state index in [9.17, 15) is 9.59 Å². The van der Waals surface area contributed by atoms with Crippen LogP contribution in [0.3, 0.4) is 0 Å². The second-order valence-electron chi connectivity index (χ2n) is 6.68. The molecule has 1 spiro atoms. The van der Waals surface area contributed by atoms with Crippen molar-refractivity contribution in [3.63, 3.8) is 0 Å². The molecule has 0 bridgehead atoms. The number of hydrogen-bond acceptors (Lipinski definition) is 3. The van der Waals surface area contributed by atoms with E-state index < -0.39 is 5.97 Å². The monoisotopic (exact) mass is 280 g/mol. The van der Waals surface area contributed by atoms with Gasteiger partial charge in [0, 0.05) is 19.1 Å². The first-order valence-corrected chi connectivity index (χ1v) is 7.86. The maximum atomic E-state index is 12.9. The Kier molecular flexibility index (Phi) is 3.71. The van der Waals surface area contributed by atoms with Crippen LogP contribution in [0.25, 0.3) is 0 Å². The molecule has 0 aromatic carbocycles. The van der Waals surface area contributed by atoms with Crippen molar-refractivity contribution in [3.8, 4) is 0 Å². The van der Waals surface area contributed by atoms with Crippen LogP contribution in [0.5, 0.6) is 0 Å². The van der Waals surface area contributed by atoms with Crippen LogP contribution >= 0.6 is 0 Å². The molecular formula is C15H24N2O3. The fourth-order valence-electron chi connectivity index (χ4n) is 4.33. The molecule has 2 aliphatic heterocycles. The Balaban J connectivity index is 1.70. The number of carbonyl (C=O) groups is 2. The summed E-state index contributed by atoms with van der Waals surface area (Å²) in [4.78, 5) is 27.8. The second-order valence-corrected chi connectivity index (χ2v) is 6.68. The van der Waals surface area contributed by atoms with E-state index in [2.05, 4.69) is 4.90 Å². The highest BCUT2D eigenvalue weighted by molar-refractivity contribution is 5.84. The quantitative estimate of drug-likeness (QED) is 0.847. The summed E-state index contributed by atoms with van der Waals surface area (Å²) in [6, 6.07) is 0.452. The van der Waals surface area contributed by atoms with E-state index in [1.807, 2.05) is 4.90 Å². The minimum atomic E-state index is -0.794. The molecule has 3 rings (SSSR count). The number of amides is 1. The Morgan fingerprint density at radius 1 is 1.20 bits per heavy atom. The van der Waals surface area contributed by atoms with Crippen LogP contribution in [-0.2, 0) is 9.59 Å². The van der Waals surface area contributed by atoms with Gasteiger partial charge in [0.2, 0.25) is 5.91 Å². The average molecular weight is 280 g/mol. The first-order valence-electron chi connectivity index (χ1n) is 7.86. The predicted molar refractivity (Wildman–Crippen MR) is 74.3 cm³/mol. The molecule has 3 aliphatic rings. The summed E-state index contributed by atoms with van der Waals surface area (Å²) in [6.45, 7) is 2.36.